The molecule has 2 aromatic carbocycles. The molecule has 0 radical (unpaired) electrons. The molecular weight excluding hydrogens is 548 g/mol. The minimum Gasteiger partial charge on any atom is -0.405 e. The third-order valence-electron chi connectivity index (χ3n) is 5.21. The number of amides is 1. The van der Waals surface area contributed by atoms with Gasteiger partial charge in [0.15, 0.2) is 5.96 Å². The number of fused-ring (bicyclic) bond motifs is 1. The van der Waals surface area contributed by atoms with Crippen LogP contribution in [0.4, 0.5) is 13.2 Å². The molecule has 0 aliphatic carbocycles. The van der Waals surface area contributed by atoms with Crippen LogP contribution >= 0.6 is 24.0 Å². The Morgan fingerprint density at radius 1 is 1.09 bits per heavy atom. The Balaban J connectivity index is 0.00000385. The predicted octanol–water partition coefficient (Wildman–Crippen LogP) is 4.23. The second-order valence-corrected chi connectivity index (χ2v) is 7.45. The zero-order chi connectivity index (χ0) is 23.0. The summed E-state index contributed by atoms with van der Waals surface area (Å²) in [4.78, 5) is 18.5. The van der Waals surface area contributed by atoms with Crippen LogP contribution in [0, 0.1) is 0 Å². The van der Waals surface area contributed by atoms with E-state index in [1.165, 1.54) is 23.3 Å². The lowest BCUT2D eigenvalue weighted by Crippen LogP contribution is -2.38. The van der Waals surface area contributed by atoms with Crippen molar-refractivity contribution in [3.63, 3.8) is 0 Å². The molecule has 0 saturated heterocycles. The van der Waals surface area contributed by atoms with Crippen LogP contribution in [-0.4, -0.2) is 43.3 Å². The maximum atomic E-state index is 12.6. The standard InChI is InChI=1S/C23H27F3N4O2.HI/c1-27-22(29-15-18-8-4-5-10-20(18)32-23(24,25)26)28-13-6-11-21(31)30-14-12-17-7-2-3-9-19(17)16-30;/h2-5,7-10H,6,11-16H2,1H3,(H2,27,28,29);1H. The summed E-state index contributed by atoms with van der Waals surface area (Å²) < 4.78 is 41.7. The second kappa shape index (κ2) is 12.7. The molecule has 2 aromatic rings. The van der Waals surface area contributed by atoms with Gasteiger partial charge in [-0.1, -0.05) is 42.5 Å². The highest BCUT2D eigenvalue weighted by Crippen LogP contribution is 2.26. The Bertz CT molecular complexity index is 953. The fourth-order valence-electron chi connectivity index (χ4n) is 3.59. The molecule has 3 rings (SSSR count). The number of carbonyl (C=O) groups excluding carboxylic acids is 1. The lowest BCUT2D eigenvalue weighted by atomic mass is 9.99. The topological polar surface area (TPSA) is 66.0 Å². The van der Waals surface area contributed by atoms with Crippen molar-refractivity contribution in [3.05, 3.63) is 65.2 Å². The average molecular weight is 576 g/mol. The van der Waals surface area contributed by atoms with Crippen molar-refractivity contribution in [2.24, 2.45) is 4.99 Å². The molecule has 0 bridgehead atoms. The minimum atomic E-state index is -4.75. The molecule has 2 N–H and O–H groups in total. The number of halogens is 4. The Morgan fingerprint density at radius 3 is 2.52 bits per heavy atom. The molecule has 33 heavy (non-hydrogen) atoms. The SMILES string of the molecule is CN=C(NCCCC(=O)N1CCc2ccccc2C1)NCc1ccccc1OC(F)(F)F.I. The van der Waals surface area contributed by atoms with Gasteiger partial charge in [-0.15, -0.1) is 37.1 Å². The monoisotopic (exact) mass is 576 g/mol. The molecule has 1 amide bonds. The van der Waals surface area contributed by atoms with Crippen LogP contribution in [0.5, 0.6) is 5.75 Å². The smallest absolute Gasteiger partial charge is 0.405 e. The fraction of sp³-hybridized carbons (Fsp3) is 0.391. The molecule has 0 atom stereocenters. The number of aliphatic imine (C=N–C) groups is 1. The predicted molar refractivity (Wildman–Crippen MR) is 132 cm³/mol. The molecule has 6 nitrogen and oxygen atoms in total. The first-order chi connectivity index (χ1) is 15.4. The van der Waals surface area contributed by atoms with E-state index < -0.39 is 6.36 Å². The summed E-state index contributed by atoms with van der Waals surface area (Å²) in [5.41, 5.74) is 2.85. The van der Waals surface area contributed by atoms with Gasteiger partial charge in [0.1, 0.15) is 5.75 Å². The Labute approximate surface area is 208 Å². The van der Waals surface area contributed by atoms with E-state index in [2.05, 4.69) is 32.5 Å². The van der Waals surface area contributed by atoms with Crippen LogP contribution < -0.4 is 15.4 Å². The number of para-hydroxylation sites is 1. The van der Waals surface area contributed by atoms with E-state index in [0.717, 1.165) is 13.0 Å². The molecule has 1 aliphatic heterocycles. The quantitative estimate of drug-likeness (QED) is 0.224. The lowest BCUT2D eigenvalue weighted by molar-refractivity contribution is -0.274. The van der Waals surface area contributed by atoms with Gasteiger partial charge >= 0.3 is 6.36 Å². The highest BCUT2D eigenvalue weighted by atomic mass is 127. The van der Waals surface area contributed by atoms with Gasteiger partial charge in [0, 0.05) is 45.2 Å². The summed E-state index contributed by atoms with van der Waals surface area (Å²) in [6.07, 6.45) is -2.85. The highest BCUT2D eigenvalue weighted by Gasteiger charge is 2.32. The lowest BCUT2D eigenvalue weighted by Gasteiger charge is -2.29. The van der Waals surface area contributed by atoms with Gasteiger partial charge in [0.05, 0.1) is 0 Å². The van der Waals surface area contributed by atoms with E-state index in [0.29, 0.717) is 37.5 Å². The Kier molecular flexibility index (Phi) is 10.3. The van der Waals surface area contributed by atoms with Gasteiger partial charge in [-0.2, -0.15) is 0 Å². The van der Waals surface area contributed by atoms with E-state index in [1.54, 1.807) is 19.2 Å². The molecule has 0 spiro atoms. The third-order valence-corrected chi connectivity index (χ3v) is 5.21. The number of guanidine groups is 1. The first kappa shape index (κ1) is 26.7. The number of hydrogen-bond donors (Lipinski definition) is 2. The number of hydrogen-bond acceptors (Lipinski definition) is 3. The van der Waals surface area contributed by atoms with Gasteiger partial charge in [0.25, 0.3) is 0 Å². The summed E-state index contributed by atoms with van der Waals surface area (Å²) in [5.74, 6) is 0.297. The number of alkyl halides is 3. The number of nitrogens with one attached hydrogen (secondary N) is 2. The molecule has 1 heterocycles. The molecule has 0 fully saturated rings. The van der Waals surface area contributed by atoms with E-state index in [-0.39, 0.29) is 42.2 Å². The summed E-state index contributed by atoms with van der Waals surface area (Å²) in [7, 11) is 1.57. The second-order valence-electron chi connectivity index (χ2n) is 7.45. The molecule has 10 heteroatoms. The fourth-order valence-corrected chi connectivity index (χ4v) is 3.59. The van der Waals surface area contributed by atoms with Crippen molar-refractivity contribution in [3.8, 4) is 5.75 Å². The van der Waals surface area contributed by atoms with Gasteiger partial charge in [-0.25, -0.2) is 0 Å². The molecule has 1 aliphatic rings. The molecule has 180 valence electrons. The summed E-state index contributed by atoms with van der Waals surface area (Å²) in [6, 6.07) is 14.1. The number of nitrogens with zero attached hydrogens (tertiary/aromatic N) is 2. The number of rotatable bonds is 7. The van der Waals surface area contributed by atoms with Crippen LogP contribution in [0.25, 0.3) is 0 Å². The highest BCUT2D eigenvalue weighted by molar-refractivity contribution is 14.0. The molecule has 0 unspecified atom stereocenters. The van der Waals surface area contributed by atoms with Gasteiger partial charge in [0.2, 0.25) is 5.91 Å². The minimum absolute atomic E-state index is 0. The van der Waals surface area contributed by atoms with Gasteiger partial charge < -0.3 is 20.3 Å². The molecular formula is C23H28F3IN4O2. The Morgan fingerprint density at radius 2 is 1.79 bits per heavy atom. The van der Waals surface area contributed by atoms with Crippen molar-refractivity contribution in [2.75, 3.05) is 20.1 Å². The first-order valence-corrected chi connectivity index (χ1v) is 10.5. The maximum absolute atomic E-state index is 12.6. The van der Waals surface area contributed by atoms with E-state index in [4.69, 9.17) is 0 Å². The average Bonchev–Trinajstić information content (AvgIpc) is 2.78. The number of ether oxygens (including phenoxy) is 1. The summed E-state index contributed by atoms with van der Waals surface area (Å²) >= 11 is 0. The summed E-state index contributed by atoms with van der Waals surface area (Å²) in [5, 5.41) is 6.06. The van der Waals surface area contributed by atoms with Crippen molar-refractivity contribution in [1.29, 1.82) is 0 Å². The number of carbonyl (C=O) groups is 1. The first-order valence-electron chi connectivity index (χ1n) is 10.5. The van der Waals surface area contributed by atoms with Crippen molar-refractivity contribution >= 4 is 35.8 Å². The summed E-state index contributed by atoms with van der Waals surface area (Å²) in [6.45, 7) is 1.99. The van der Waals surface area contributed by atoms with Crippen LogP contribution in [0.2, 0.25) is 0 Å². The van der Waals surface area contributed by atoms with Crippen molar-refractivity contribution in [1.82, 2.24) is 15.5 Å². The van der Waals surface area contributed by atoms with Crippen LogP contribution in [0.15, 0.2) is 53.5 Å². The van der Waals surface area contributed by atoms with E-state index in [9.17, 15) is 18.0 Å². The van der Waals surface area contributed by atoms with Gasteiger partial charge in [-0.3, -0.25) is 9.79 Å². The van der Waals surface area contributed by atoms with E-state index >= 15 is 0 Å². The third kappa shape index (κ3) is 8.41. The zero-order valence-electron chi connectivity index (χ0n) is 18.3. The van der Waals surface area contributed by atoms with Crippen LogP contribution in [0.1, 0.15) is 29.5 Å². The molecule has 0 saturated carbocycles. The maximum Gasteiger partial charge on any atom is 0.573 e. The van der Waals surface area contributed by atoms with Crippen molar-refractivity contribution < 1.29 is 22.7 Å². The number of benzene rings is 2. The van der Waals surface area contributed by atoms with Crippen LogP contribution in [-0.2, 0) is 24.3 Å². The van der Waals surface area contributed by atoms with Crippen molar-refractivity contribution in [2.45, 2.75) is 38.7 Å². The van der Waals surface area contributed by atoms with Gasteiger partial charge in [-0.05, 0) is 30.0 Å². The molecule has 0 aromatic heterocycles. The largest absolute Gasteiger partial charge is 0.573 e. The van der Waals surface area contributed by atoms with Crippen LogP contribution in [0.3, 0.4) is 0 Å². The zero-order valence-corrected chi connectivity index (χ0v) is 20.7. The van der Waals surface area contributed by atoms with E-state index in [1.807, 2.05) is 17.0 Å². The Hall–Kier alpha value is -2.50. The normalized spacial score (nSPS) is 13.6.